The zero-order valence-electron chi connectivity index (χ0n) is 37.2. The number of benzene rings is 2. The van der Waals surface area contributed by atoms with E-state index in [0.29, 0.717) is 13.0 Å². The molecule has 3 unspecified atom stereocenters. The van der Waals surface area contributed by atoms with Gasteiger partial charge in [0.25, 0.3) is 0 Å². The van der Waals surface area contributed by atoms with Gasteiger partial charge in [-0.2, -0.15) is 5.10 Å². The van der Waals surface area contributed by atoms with E-state index in [2.05, 4.69) is 26.5 Å². The van der Waals surface area contributed by atoms with Gasteiger partial charge in [0.2, 0.25) is 29.4 Å². The minimum atomic E-state index is -2.39. The third kappa shape index (κ3) is 11.9. The van der Waals surface area contributed by atoms with Crippen LogP contribution in [0.15, 0.2) is 23.3 Å². The first-order valence-electron chi connectivity index (χ1n) is 21.2. The van der Waals surface area contributed by atoms with Crippen molar-refractivity contribution in [3.05, 3.63) is 51.6 Å². The maximum absolute atomic E-state index is 14.1. The summed E-state index contributed by atoms with van der Waals surface area (Å²) in [5.41, 5.74) is 3.30. The van der Waals surface area contributed by atoms with Gasteiger partial charge in [0.1, 0.15) is 34.9 Å². The van der Waals surface area contributed by atoms with Crippen LogP contribution >= 0.6 is 0 Å². The fourth-order valence-corrected chi connectivity index (χ4v) is 8.12. The molecular weight excluding hydrogens is 888 g/mol. The van der Waals surface area contributed by atoms with Crippen LogP contribution in [0.4, 0.5) is 0 Å². The van der Waals surface area contributed by atoms with Crippen LogP contribution in [0.25, 0.3) is 0 Å². The van der Waals surface area contributed by atoms with E-state index >= 15 is 0 Å². The first kappa shape index (κ1) is 51.9. The normalized spacial score (nSPS) is 23.2. The Morgan fingerprint density at radius 3 is 2.31 bits per heavy atom. The van der Waals surface area contributed by atoms with E-state index in [1.54, 1.807) is 0 Å². The number of nitrogens with two attached hydrogens (primary N) is 1. The number of phenols is 2. The number of aliphatic hydroxyl groups is 3. The van der Waals surface area contributed by atoms with Gasteiger partial charge >= 0.3 is 5.97 Å². The molecule has 5 rings (SSSR count). The number of aliphatic carboxylic acids is 1. The fraction of sp³-hybridized carbons (Fsp3) is 0.535. The number of hydrogen-bond acceptors (Lipinski definition) is 19. The predicted molar refractivity (Wildman–Crippen MR) is 229 cm³/mol. The Hall–Kier alpha value is -6.12. The van der Waals surface area contributed by atoms with Crippen molar-refractivity contribution < 1.29 is 87.9 Å². The van der Waals surface area contributed by atoms with Crippen molar-refractivity contribution in [3.63, 3.8) is 0 Å². The highest BCUT2D eigenvalue weighted by molar-refractivity contribution is 6.31. The smallest absolute Gasteiger partial charge is 0.305 e. The minimum Gasteiger partial charge on any atom is -0.507 e. The first-order valence-corrected chi connectivity index (χ1v) is 21.2. The number of ether oxygens (including phenoxy) is 5. The van der Waals surface area contributed by atoms with Crippen LogP contribution in [-0.4, -0.2) is 167 Å². The molecule has 0 aromatic heterocycles. The number of ketones is 2. The number of fused-ring (bicyclic) bond motifs is 3. The zero-order chi connectivity index (χ0) is 49.3. The van der Waals surface area contributed by atoms with Crippen molar-refractivity contribution in [3.8, 4) is 17.2 Å². The van der Waals surface area contributed by atoms with E-state index in [4.69, 9.17) is 29.4 Å². The summed E-state index contributed by atoms with van der Waals surface area (Å²) >= 11 is 0. The third-order valence-corrected chi connectivity index (χ3v) is 11.4. The lowest BCUT2D eigenvalue weighted by molar-refractivity contribution is -0.245. The van der Waals surface area contributed by atoms with Crippen molar-refractivity contribution in [2.45, 2.75) is 101 Å². The molecule has 0 bridgehead atoms. The van der Waals surface area contributed by atoms with Crippen LogP contribution in [0, 0.1) is 0 Å². The number of methoxy groups -OCH3 is 2. The average molecular weight is 945 g/mol. The largest absolute Gasteiger partial charge is 0.507 e. The Morgan fingerprint density at radius 2 is 1.67 bits per heavy atom. The van der Waals surface area contributed by atoms with Crippen molar-refractivity contribution in [2.24, 2.45) is 10.8 Å². The molecule has 1 heterocycles. The van der Waals surface area contributed by atoms with Gasteiger partial charge in [0, 0.05) is 69.2 Å². The Labute approximate surface area is 383 Å². The monoisotopic (exact) mass is 944 g/mol. The predicted octanol–water partition coefficient (Wildman–Crippen LogP) is -2.07. The molecule has 24 heteroatoms. The van der Waals surface area contributed by atoms with Gasteiger partial charge < -0.3 is 76.0 Å². The summed E-state index contributed by atoms with van der Waals surface area (Å²) in [6, 6.07) is 0.0139. The van der Waals surface area contributed by atoms with E-state index in [9.17, 15) is 64.2 Å². The highest BCUT2D eigenvalue weighted by Crippen LogP contribution is 2.52. The Morgan fingerprint density at radius 1 is 0.970 bits per heavy atom. The standard InChI is InChI=1S/C43H56N6O18/c1-19-36(55)23(44)13-31(66-19)67-27-17-43(62,16-22-33(27)40(59)35-34(38(22)57)37(56)21-7-5-8-26(64-4)32(21)39(35)58)28(18-50)48-49-29(52)14-24(41(60)45-9-6-10-65-12-11-63-3)47-42(61)25(15-30(53)54)46-20(2)51/h5,7-8,19,23-25,27,31,36,50,55,57,59,62H,6,9-18,44H2,1-4H3,(H,45,60)(H,46,51)(H,47,61)(H,49,52)(H,53,54)/b48-28+/t19?,23-,24?,25?,27+,31+,36-,43+/m1/s1. The molecule has 0 saturated carbocycles. The van der Waals surface area contributed by atoms with Crippen LogP contribution < -0.4 is 31.8 Å². The number of aromatic hydroxyl groups is 2. The van der Waals surface area contributed by atoms with Gasteiger partial charge in [-0.15, -0.1) is 0 Å². The summed E-state index contributed by atoms with van der Waals surface area (Å²) in [6.45, 7) is 2.33. The molecule has 2 aliphatic carbocycles. The summed E-state index contributed by atoms with van der Waals surface area (Å²) in [5.74, 6) is -8.63. The van der Waals surface area contributed by atoms with Gasteiger partial charge in [-0.1, -0.05) is 12.1 Å². The molecule has 67 heavy (non-hydrogen) atoms. The lowest BCUT2D eigenvalue weighted by atomic mass is 9.71. The van der Waals surface area contributed by atoms with Crippen LogP contribution in [0.2, 0.25) is 0 Å². The van der Waals surface area contributed by atoms with Gasteiger partial charge in [-0.25, -0.2) is 5.43 Å². The number of carbonyl (C=O) groups is 7. The second-order valence-corrected chi connectivity index (χ2v) is 16.2. The number of rotatable bonds is 21. The van der Waals surface area contributed by atoms with Crippen LogP contribution in [0.5, 0.6) is 17.2 Å². The summed E-state index contributed by atoms with van der Waals surface area (Å²) in [5, 5.41) is 77.6. The summed E-state index contributed by atoms with van der Waals surface area (Å²) in [7, 11) is 2.77. The number of nitrogens with zero attached hydrogens (tertiary/aromatic N) is 1. The summed E-state index contributed by atoms with van der Waals surface area (Å²) < 4.78 is 27.7. The van der Waals surface area contributed by atoms with E-state index in [0.717, 1.165) is 6.92 Å². The number of phenolic OH excluding ortho intramolecular Hbond substituents is 2. The molecule has 2 aromatic carbocycles. The van der Waals surface area contributed by atoms with E-state index < -0.39 is 150 Å². The Kier molecular flexibility index (Phi) is 17.5. The van der Waals surface area contributed by atoms with Gasteiger partial charge in [-0.3, -0.25) is 33.6 Å². The molecule has 24 nitrogen and oxygen atoms in total. The lowest BCUT2D eigenvalue weighted by Gasteiger charge is -2.43. The highest BCUT2D eigenvalue weighted by atomic mass is 16.7. The molecule has 8 atom stereocenters. The topological polar surface area (TPSA) is 374 Å². The molecule has 12 N–H and O–H groups in total. The van der Waals surface area contributed by atoms with E-state index in [1.807, 2.05) is 0 Å². The molecule has 1 saturated heterocycles. The number of aliphatic hydroxyl groups excluding tert-OH is 2. The van der Waals surface area contributed by atoms with Crippen molar-refractivity contribution in [1.82, 2.24) is 21.4 Å². The Balaban J connectivity index is 1.47. The van der Waals surface area contributed by atoms with E-state index in [1.165, 1.54) is 39.3 Å². The number of hydrazone groups is 1. The summed E-state index contributed by atoms with van der Waals surface area (Å²) in [4.78, 5) is 91.4. The van der Waals surface area contributed by atoms with Gasteiger partial charge in [0.15, 0.2) is 12.1 Å². The fourth-order valence-electron chi connectivity index (χ4n) is 8.12. The molecule has 0 radical (unpaired) electrons. The number of carboxylic acids is 1. The number of carboxylic acid groups (broad SMARTS) is 1. The third-order valence-electron chi connectivity index (χ3n) is 11.4. The SMILES string of the molecule is COCCOCCCNC(=O)C(CC(=O)N/N=C(\CO)[C@]1(O)Cc2c(O)c3c(c(O)c2[C@@H](O[C@H]2C[C@@H](N)[C@H](O)C(C)O2)C1)C(=O)c1c(OC)cccc1C3=O)NC(=O)C(CC(=O)O)NC(C)=O. The average Bonchev–Trinajstić information content (AvgIpc) is 3.27. The van der Waals surface area contributed by atoms with Crippen LogP contribution in [0.3, 0.4) is 0 Å². The maximum atomic E-state index is 14.1. The molecule has 4 amide bonds. The minimum absolute atomic E-state index is 0.0119. The summed E-state index contributed by atoms with van der Waals surface area (Å²) in [6.07, 6.45) is -7.57. The highest BCUT2D eigenvalue weighted by Gasteiger charge is 2.50. The zero-order valence-corrected chi connectivity index (χ0v) is 37.2. The van der Waals surface area contributed by atoms with E-state index in [-0.39, 0.29) is 54.2 Å². The molecule has 1 aliphatic heterocycles. The first-order chi connectivity index (χ1) is 31.8. The van der Waals surface area contributed by atoms with Gasteiger partial charge in [-0.05, 0) is 19.4 Å². The molecule has 1 fully saturated rings. The molecule has 366 valence electrons. The maximum Gasteiger partial charge on any atom is 0.305 e. The number of hydrogen-bond donors (Lipinski definition) is 11. The molecule has 0 spiro atoms. The molecular formula is C43H56N6O18. The van der Waals surface area contributed by atoms with Crippen molar-refractivity contribution >= 4 is 46.9 Å². The quantitative estimate of drug-likeness (QED) is 0.0236. The molecule has 2 aromatic rings. The number of amides is 4. The van der Waals surface area contributed by atoms with Gasteiger partial charge in [0.05, 0.1) is 80.5 Å². The second-order valence-electron chi connectivity index (χ2n) is 16.2. The molecule has 3 aliphatic rings. The number of carbonyl (C=O) groups excluding carboxylic acids is 6. The second kappa shape index (κ2) is 22.6. The van der Waals surface area contributed by atoms with Crippen molar-refractivity contribution in [1.29, 1.82) is 0 Å². The van der Waals surface area contributed by atoms with Crippen LogP contribution in [0.1, 0.15) is 95.0 Å². The van der Waals surface area contributed by atoms with Crippen LogP contribution in [-0.2, 0) is 49.3 Å². The van der Waals surface area contributed by atoms with Crippen molar-refractivity contribution in [2.75, 3.05) is 47.2 Å². The lowest BCUT2D eigenvalue weighted by Crippen LogP contribution is -2.55. The Bertz CT molecular complexity index is 2240. The number of nitrogens with one attached hydrogen (secondary N) is 4.